The maximum Gasteiger partial charge on any atom is 0.257 e. The highest BCUT2D eigenvalue weighted by atomic mass is 16.5. The van der Waals surface area contributed by atoms with Crippen molar-refractivity contribution in [1.82, 2.24) is 10.6 Å². The zero-order chi connectivity index (χ0) is 19.6. The number of aliphatic imine (C=N–C) groups is 1. The molecular weight excluding hydrogens is 350 g/mol. The van der Waals surface area contributed by atoms with Gasteiger partial charge in [0.15, 0.2) is 5.96 Å². The van der Waals surface area contributed by atoms with Crippen LogP contribution in [0.2, 0.25) is 0 Å². The number of carbonyl (C=O) groups is 1. The van der Waals surface area contributed by atoms with E-state index in [9.17, 15) is 4.79 Å². The first-order chi connectivity index (χ1) is 13.7. The number of amides is 1. The van der Waals surface area contributed by atoms with Crippen molar-refractivity contribution >= 4 is 11.9 Å². The Morgan fingerprint density at radius 2 is 1.46 bits per heavy atom. The van der Waals surface area contributed by atoms with Gasteiger partial charge >= 0.3 is 0 Å². The van der Waals surface area contributed by atoms with Crippen molar-refractivity contribution < 1.29 is 9.53 Å². The second-order valence-corrected chi connectivity index (χ2v) is 6.17. The number of nitrogens with one attached hydrogen (secondary N) is 2. The van der Waals surface area contributed by atoms with Gasteiger partial charge in [0, 0.05) is 12.1 Å². The third-order valence-electron chi connectivity index (χ3n) is 4.15. The lowest BCUT2D eigenvalue weighted by Gasteiger charge is -2.12. The van der Waals surface area contributed by atoms with E-state index in [1.807, 2.05) is 60.7 Å². The molecule has 5 heteroatoms. The van der Waals surface area contributed by atoms with Crippen LogP contribution in [0.4, 0.5) is 0 Å². The van der Waals surface area contributed by atoms with Gasteiger partial charge in [0.2, 0.25) is 0 Å². The molecule has 3 aromatic rings. The second-order valence-electron chi connectivity index (χ2n) is 6.17. The van der Waals surface area contributed by atoms with Crippen LogP contribution in [0.15, 0.2) is 89.9 Å². The van der Waals surface area contributed by atoms with Crippen molar-refractivity contribution in [2.75, 3.05) is 7.11 Å². The number of methoxy groups -OCH3 is 1. The Labute approximate surface area is 165 Å². The lowest BCUT2D eigenvalue weighted by molar-refractivity contribution is 0.0975. The van der Waals surface area contributed by atoms with Gasteiger partial charge in [0.05, 0.1) is 13.7 Å². The second kappa shape index (κ2) is 9.92. The van der Waals surface area contributed by atoms with E-state index >= 15 is 0 Å². The van der Waals surface area contributed by atoms with E-state index in [1.165, 1.54) is 0 Å². The Hall–Kier alpha value is -3.60. The fraction of sp³-hybridized carbons (Fsp3) is 0.130. The maximum absolute atomic E-state index is 12.6. The zero-order valence-electron chi connectivity index (χ0n) is 15.8. The van der Waals surface area contributed by atoms with E-state index in [4.69, 9.17) is 4.74 Å². The van der Waals surface area contributed by atoms with Crippen LogP contribution in [0.3, 0.4) is 0 Å². The first kappa shape index (κ1) is 19.2. The number of hydrogen-bond donors (Lipinski definition) is 2. The van der Waals surface area contributed by atoms with Crippen molar-refractivity contribution in [1.29, 1.82) is 0 Å². The average Bonchev–Trinajstić information content (AvgIpc) is 2.77. The van der Waals surface area contributed by atoms with Crippen molar-refractivity contribution in [3.63, 3.8) is 0 Å². The highest BCUT2D eigenvalue weighted by Crippen LogP contribution is 2.11. The molecule has 3 rings (SSSR count). The predicted octanol–water partition coefficient (Wildman–Crippen LogP) is 3.77. The summed E-state index contributed by atoms with van der Waals surface area (Å²) in [5.74, 6) is 0.917. The minimum atomic E-state index is -0.227. The minimum absolute atomic E-state index is 0.227. The van der Waals surface area contributed by atoms with Crippen LogP contribution >= 0.6 is 0 Å². The Bertz CT molecular complexity index is 908. The summed E-state index contributed by atoms with van der Waals surface area (Å²) in [5, 5.41) is 6.09. The largest absolute Gasteiger partial charge is 0.497 e. The van der Waals surface area contributed by atoms with Gasteiger partial charge in [-0.2, -0.15) is 0 Å². The van der Waals surface area contributed by atoms with Gasteiger partial charge in [0.25, 0.3) is 5.91 Å². The summed E-state index contributed by atoms with van der Waals surface area (Å²) in [6, 6.07) is 26.8. The molecule has 0 heterocycles. The molecule has 0 unspecified atom stereocenters. The summed E-state index contributed by atoms with van der Waals surface area (Å²) in [4.78, 5) is 17.2. The molecule has 0 atom stereocenters. The summed E-state index contributed by atoms with van der Waals surface area (Å²) in [7, 11) is 1.59. The van der Waals surface area contributed by atoms with Gasteiger partial charge in [-0.25, -0.2) is 4.99 Å². The molecule has 0 aliphatic rings. The molecule has 0 bridgehead atoms. The molecule has 0 radical (unpaired) electrons. The van der Waals surface area contributed by atoms with Crippen molar-refractivity contribution in [3.05, 3.63) is 102 Å². The van der Waals surface area contributed by atoms with Gasteiger partial charge in [-0.05, 0) is 35.4 Å². The summed E-state index contributed by atoms with van der Waals surface area (Å²) in [6.45, 7) is 1.04. The quantitative estimate of drug-likeness (QED) is 0.511. The fourth-order valence-electron chi connectivity index (χ4n) is 2.60. The van der Waals surface area contributed by atoms with Crippen LogP contribution in [0.1, 0.15) is 21.5 Å². The van der Waals surface area contributed by atoms with Crippen LogP contribution in [0.5, 0.6) is 5.75 Å². The zero-order valence-corrected chi connectivity index (χ0v) is 15.8. The van der Waals surface area contributed by atoms with Crippen molar-refractivity contribution in [2.24, 2.45) is 4.99 Å². The van der Waals surface area contributed by atoms with Crippen LogP contribution in [-0.2, 0) is 13.1 Å². The van der Waals surface area contributed by atoms with Gasteiger partial charge in [0.1, 0.15) is 5.75 Å². The van der Waals surface area contributed by atoms with E-state index < -0.39 is 0 Å². The molecule has 28 heavy (non-hydrogen) atoms. The Morgan fingerprint density at radius 3 is 2.07 bits per heavy atom. The normalized spacial score (nSPS) is 11.0. The lowest BCUT2D eigenvalue weighted by Crippen LogP contribution is -2.40. The summed E-state index contributed by atoms with van der Waals surface area (Å²) in [6.07, 6.45) is 0. The standard InChI is InChI=1S/C23H23N3O2/c1-28-21-14-12-20(13-15-21)22(27)26-23(24-16-18-8-4-2-5-9-18)25-17-19-10-6-3-7-11-19/h2-15H,16-17H2,1H3,(H2,24,25,26,27). The van der Waals surface area contributed by atoms with E-state index in [0.717, 1.165) is 11.1 Å². The molecular formula is C23H23N3O2. The molecule has 0 aliphatic carbocycles. The SMILES string of the molecule is COc1ccc(C(=O)NC(=NCc2ccccc2)NCc2ccccc2)cc1. The third kappa shape index (κ3) is 5.71. The first-order valence-electron chi connectivity index (χ1n) is 9.06. The molecule has 0 aliphatic heterocycles. The third-order valence-corrected chi connectivity index (χ3v) is 4.15. The molecule has 0 aromatic heterocycles. The molecule has 2 N–H and O–H groups in total. The van der Waals surface area contributed by atoms with Crippen LogP contribution in [0.25, 0.3) is 0 Å². The predicted molar refractivity (Wildman–Crippen MR) is 111 cm³/mol. The van der Waals surface area contributed by atoms with Gasteiger partial charge < -0.3 is 10.1 Å². The fourth-order valence-corrected chi connectivity index (χ4v) is 2.60. The number of nitrogens with zero attached hydrogens (tertiary/aromatic N) is 1. The van der Waals surface area contributed by atoms with Gasteiger partial charge in [-0.3, -0.25) is 10.1 Å². The lowest BCUT2D eigenvalue weighted by atomic mass is 10.2. The average molecular weight is 373 g/mol. The highest BCUT2D eigenvalue weighted by Gasteiger charge is 2.09. The Balaban J connectivity index is 1.71. The molecule has 1 amide bonds. The maximum atomic E-state index is 12.6. The van der Waals surface area contributed by atoms with Crippen molar-refractivity contribution in [3.8, 4) is 5.75 Å². The molecule has 0 saturated heterocycles. The minimum Gasteiger partial charge on any atom is -0.497 e. The smallest absolute Gasteiger partial charge is 0.257 e. The monoisotopic (exact) mass is 373 g/mol. The highest BCUT2D eigenvalue weighted by molar-refractivity contribution is 6.05. The van der Waals surface area contributed by atoms with Gasteiger partial charge in [-0.1, -0.05) is 60.7 Å². The molecule has 3 aromatic carbocycles. The van der Waals surface area contributed by atoms with E-state index in [2.05, 4.69) is 15.6 Å². The number of guanidine groups is 1. The molecule has 0 spiro atoms. The van der Waals surface area contributed by atoms with Crippen molar-refractivity contribution in [2.45, 2.75) is 13.1 Å². The topological polar surface area (TPSA) is 62.7 Å². The number of hydrogen-bond acceptors (Lipinski definition) is 3. The van der Waals surface area contributed by atoms with Crippen LogP contribution in [0, 0.1) is 0 Å². The van der Waals surface area contributed by atoms with E-state index in [1.54, 1.807) is 31.4 Å². The molecule has 0 saturated carbocycles. The number of benzene rings is 3. The van der Waals surface area contributed by atoms with Crippen LogP contribution in [-0.4, -0.2) is 19.0 Å². The molecule has 5 nitrogen and oxygen atoms in total. The van der Waals surface area contributed by atoms with E-state index in [0.29, 0.717) is 30.4 Å². The molecule has 142 valence electrons. The molecule has 0 fully saturated rings. The van der Waals surface area contributed by atoms with Crippen LogP contribution < -0.4 is 15.4 Å². The summed E-state index contributed by atoms with van der Waals surface area (Å²) in [5.41, 5.74) is 2.71. The van der Waals surface area contributed by atoms with E-state index in [-0.39, 0.29) is 5.91 Å². The summed E-state index contributed by atoms with van der Waals surface area (Å²) < 4.78 is 5.14. The number of ether oxygens (including phenoxy) is 1. The summed E-state index contributed by atoms with van der Waals surface area (Å²) >= 11 is 0. The Morgan fingerprint density at radius 1 is 0.857 bits per heavy atom. The number of rotatable bonds is 6. The Kier molecular flexibility index (Phi) is 6.79. The first-order valence-corrected chi connectivity index (χ1v) is 9.06. The van der Waals surface area contributed by atoms with Gasteiger partial charge in [-0.15, -0.1) is 0 Å². The number of carbonyl (C=O) groups excluding carboxylic acids is 1.